The minimum absolute atomic E-state index is 0.0524. The molecule has 2 aromatic heterocycles. The van der Waals surface area contributed by atoms with E-state index in [4.69, 9.17) is 0 Å². The van der Waals surface area contributed by atoms with Gasteiger partial charge in [0.25, 0.3) is 5.56 Å². The average Bonchev–Trinajstić information content (AvgIpc) is 2.92. The molecule has 0 fully saturated rings. The maximum Gasteiger partial charge on any atom is 0.293 e. The molecule has 2 rings (SSSR count). The number of anilines is 1. The van der Waals surface area contributed by atoms with E-state index in [-0.39, 0.29) is 5.56 Å². The van der Waals surface area contributed by atoms with Gasteiger partial charge in [-0.1, -0.05) is 6.92 Å². The van der Waals surface area contributed by atoms with Crippen molar-refractivity contribution in [2.75, 3.05) is 11.9 Å². The van der Waals surface area contributed by atoms with Crippen LogP contribution < -0.4 is 10.9 Å². The van der Waals surface area contributed by atoms with E-state index in [1.165, 1.54) is 0 Å². The second kappa shape index (κ2) is 6.72. The molecule has 19 heavy (non-hydrogen) atoms. The lowest BCUT2D eigenvalue weighted by Gasteiger charge is -2.08. The third-order valence-electron chi connectivity index (χ3n) is 2.79. The Bertz CT molecular complexity index is 546. The Kier molecular flexibility index (Phi) is 4.72. The zero-order valence-electron chi connectivity index (χ0n) is 11.1. The molecule has 0 saturated carbocycles. The van der Waals surface area contributed by atoms with Gasteiger partial charge in [-0.2, -0.15) is 5.10 Å². The monoisotopic (exact) mass is 261 g/mol. The summed E-state index contributed by atoms with van der Waals surface area (Å²) in [5.41, 5.74) is -0.0524. The Morgan fingerprint density at radius 2 is 2.16 bits per heavy atom. The highest BCUT2D eigenvalue weighted by molar-refractivity contribution is 5.30. The van der Waals surface area contributed by atoms with Crippen LogP contribution in [0.2, 0.25) is 0 Å². The molecular weight excluding hydrogens is 242 g/mol. The molecule has 0 saturated heterocycles. The molecule has 6 nitrogen and oxygen atoms in total. The van der Waals surface area contributed by atoms with Gasteiger partial charge in [0, 0.05) is 44.4 Å². The van der Waals surface area contributed by atoms with Crippen molar-refractivity contribution in [1.82, 2.24) is 19.3 Å². The van der Waals surface area contributed by atoms with Crippen LogP contribution in [0.5, 0.6) is 0 Å². The number of nitrogens with one attached hydrogen (secondary N) is 1. The highest BCUT2D eigenvalue weighted by atomic mass is 16.1. The molecule has 0 aliphatic heterocycles. The Morgan fingerprint density at radius 1 is 1.26 bits per heavy atom. The van der Waals surface area contributed by atoms with Crippen LogP contribution in [0.25, 0.3) is 0 Å². The zero-order chi connectivity index (χ0) is 13.5. The predicted molar refractivity (Wildman–Crippen MR) is 74.1 cm³/mol. The van der Waals surface area contributed by atoms with Crippen LogP contribution in [0.15, 0.2) is 35.6 Å². The Morgan fingerprint density at radius 3 is 2.89 bits per heavy atom. The predicted octanol–water partition coefficient (Wildman–Crippen LogP) is 1.35. The first-order valence-corrected chi connectivity index (χ1v) is 6.58. The van der Waals surface area contributed by atoms with Crippen molar-refractivity contribution in [2.45, 2.75) is 32.9 Å². The van der Waals surface area contributed by atoms with E-state index in [2.05, 4.69) is 15.4 Å². The number of rotatable bonds is 7. The summed E-state index contributed by atoms with van der Waals surface area (Å²) in [6.45, 7) is 4.31. The molecule has 0 aliphatic carbocycles. The molecule has 0 unspecified atom stereocenters. The molecular formula is C13H19N5O. The maximum atomic E-state index is 12.0. The van der Waals surface area contributed by atoms with Crippen LogP contribution in [-0.4, -0.2) is 25.9 Å². The molecule has 2 aromatic rings. The molecule has 6 heteroatoms. The molecule has 2 heterocycles. The second-order valence-corrected chi connectivity index (χ2v) is 4.32. The topological polar surface area (TPSA) is 64.7 Å². The molecule has 0 aromatic carbocycles. The molecule has 0 bridgehead atoms. The van der Waals surface area contributed by atoms with Gasteiger partial charge in [0.1, 0.15) is 0 Å². The quantitative estimate of drug-likeness (QED) is 0.764. The van der Waals surface area contributed by atoms with Crippen molar-refractivity contribution < 1.29 is 0 Å². The average molecular weight is 261 g/mol. The van der Waals surface area contributed by atoms with Gasteiger partial charge in [-0.15, -0.1) is 0 Å². The van der Waals surface area contributed by atoms with Crippen LogP contribution in [0.4, 0.5) is 5.82 Å². The normalized spacial score (nSPS) is 10.6. The number of aromatic nitrogens is 4. The van der Waals surface area contributed by atoms with Crippen molar-refractivity contribution in [3.8, 4) is 0 Å². The van der Waals surface area contributed by atoms with Crippen molar-refractivity contribution in [3.05, 3.63) is 41.2 Å². The van der Waals surface area contributed by atoms with E-state index in [0.717, 1.165) is 25.9 Å². The number of hydrogen-bond donors (Lipinski definition) is 1. The highest BCUT2D eigenvalue weighted by Gasteiger charge is 2.03. The molecule has 0 spiro atoms. The number of aryl methyl sites for hydroxylation is 2. The molecule has 0 atom stereocenters. The summed E-state index contributed by atoms with van der Waals surface area (Å²) in [5, 5.41) is 7.21. The van der Waals surface area contributed by atoms with Gasteiger partial charge < -0.3 is 9.88 Å². The van der Waals surface area contributed by atoms with E-state index < -0.39 is 0 Å². The smallest absolute Gasteiger partial charge is 0.293 e. The first-order valence-electron chi connectivity index (χ1n) is 6.58. The lowest BCUT2D eigenvalue weighted by molar-refractivity contribution is 0.590. The van der Waals surface area contributed by atoms with Crippen LogP contribution in [0.1, 0.15) is 19.8 Å². The summed E-state index contributed by atoms with van der Waals surface area (Å²) in [6, 6.07) is 1.90. The van der Waals surface area contributed by atoms with Crippen LogP contribution in [0, 0.1) is 0 Å². The fourth-order valence-electron chi connectivity index (χ4n) is 1.87. The van der Waals surface area contributed by atoms with Crippen molar-refractivity contribution in [2.24, 2.45) is 0 Å². The van der Waals surface area contributed by atoms with Gasteiger partial charge in [0.05, 0.1) is 0 Å². The van der Waals surface area contributed by atoms with Gasteiger partial charge in [-0.05, 0) is 18.9 Å². The Labute approximate surface area is 112 Å². The highest BCUT2D eigenvalue weighted by Crippen LogP contribution is 1.96. The SMILES string of the molecule is CCCn1ccnc(NCCCn2cccn2)c1=O. The van der Waals surface area contributed by atoms with E-state index in [1.807, 2.05) is 23.9 Å². The summed E-state index contributed by atoms with van der Waals surface area (Å²) in [5.74, 6) is 0.427. The first kappa shape index (κ1) is 13.3. The van der Waals surface area contributed by atoms with Crippen LogP contribution in [0.3, 0.4) is 0 Å². The summed E-state index contributed by atoms with van der Waals surface area (Å²) in [7, 11) is 0. The summed E-state index contributed by atoms with van der Waals surface area (Å²) in [6.07, 6.45) is 8.90. The number of hydrogen-bond acceptors (Lipinski definition) is 4. The number of nitrogens with zero attached hydrogens (tertiary/aromatic N) is 4. The molecule has 0 radical (unpaired) electrons. The fraction of sp³-hybridized carbons (Fsp3) is 0.462. The fourth-order valence-corrected chi connectivity index (χ4v) is 1.87. The third kappa shape index (κ3) is 3.67. The van der Waals surface area contributed by atoms with E-state index in [9.17, 15) is 4.79 Å². The van der Waals surface area contributed by atoms with Gasteiger partial charge in [-0.25, -0.2) is 4.98 Å². The van der Waals surface area contributed by atoms with Crippen LogP contribution in [-0.2, 0) is 13.1 Å². The molecule has 1 N–H and O–H groups in total. The van der Waals surface area contributed by atoms with E-state index >= 15 is 0 Å². The van der Waals surface area contributed by atoms with Crippen LogP contribution >= 0.6 is 0 Å². The lowest BCUT2D eigenvalue weighted by Crippen LogP contribution is -2.24. The molecule has 0 amide bonds. The minimum Gasteiger partial charge on any atom is -0.365 e. The largest absolute Gasteiger partial charge is 0.365 e. The Hall–Kier alpha value is -2.11. The summed E-state index contributed by atoms with van der Waals surface area (Å²) in [4.78, 5) is 16.1. The lowest BCUT2D eigenvalue weighted by atomic mass is 10.4. The van der Waals surface area contributed by atoms with E-state index in [0.29, 0.717) is 12.4 Å². The van der Waals surface area contributed by atoms with Gasteiger partial charge in [0.2, 0.25) is 0 Å². The molecule has 102 valence electrons. The zero-order valence-corrected chi connectivity index (χ0v) is 11.1. The Balaban J connectivity index is 1.85. The first-order chi connectivity index (χ1) is 9.31. The summed E-state index contributed by atoms with van der Waals surface area (Å²) >= 11 is 0. The van der Waals surface area contributed by atoms with Crippen molar-refractivity contribution in [1.29, 1.82) is 0 Å². The van der Waals surface area contributed by atoms with Crippen molar-refractivity contribution >= 4 is 5.82 Å². The minimum atomic E-state index is -0.0524. The summed E-state index contributed by atoms with van der Waals surface area (Å²) < 4.78 is 3.55. The third-order valence-corrected chi connectivity index (χ3v) is 2.79. The maximum absolute atomic E-state index is 12.0. The van der Waals surface area contributed by atoms with Gasteiger partial charge in [0.15, 0.2) is 5.82 Å². The standard InChI is InChI=1S/C13H19N5O/c1-2-8-17-11-7-15-12(13(17)19)14-5-3-9-18-10-4-6-16-18/h4,6-7,10-11H,2-3,5,8-9H2,1H3,(H,14,15). The van der Waals surface area contributed by atoms with Gasteiger partial charge >= 0.3 is 0 Å². The van der Waals surface area contributed by atoms with Crippen molar-refractivity contribution in [3.63, 3.8) is 0 Å². The second-order valence-electron chi connectivity index (χ2n) is 4.32. The van der Waals surface area contributed by atoms with E-state index in [1.54, 1.807) is 23.2 Å². The molecule has 0 aliphatic rings. The van der Waals surface area contributed by atoms with Gasteiger partial charge in [-0.3, -0.25) is 9.48 Å².